The van der Waals surface area contributed by atoms with E-state index < -0.39 is 0 Å². The first-order chi connectivity index (χ1) is 9.61. The largest absolute Gasteiger partial charge is 0.370 e. The lowest BCUT2D eigenvalue weighted by Gasteiger charge is -2.35. The summed E-state index contributed by atoms with van der Waals surface area (Å²) >= 11 is 3.48. The van der Waals surface area contributed by atoms with Crippen LogP contribution in [0, 0.1) is 17.2 Å². The van der Waals surface area contributed by atoms with E-state index >= 15 is 0 Å². The van der Waals surface area contributed by atoms with Crippen LogP contribution < -0.4 is 10.2 Å². The quantitative estimate of drug-likeness (QED) is 0.914. The second-order valence-electron chi connectivity index (χ2n) is 5.76. The predicted octanol–water partition coefficient (Wildman–Crippen LogP) is 3.54. The molecule has 20 heavy (non-hydrogen) atoms. The van der Waals surface area contributed by atoms with Crippen LogP contribution in [-0.4, -0.2) is 25.7 Å². The van der Waals surface area contributed by atoms with Gasteiger partial charge in [-0.25, -0.2) is 0 Å². The lowest BCUT2D eigenvalue weighted by Crippen LogP contribution is -2.41. The summed E-state index contributed by atoms with van der Waals surface area (Å²) in [4.78, 5) is 2.36. The molecule has 0 amide bonds. The highest BCUT2D eigenvalue weighted by Crippen LogP contribution is 2.30. The fourth-order valence-corrected chi connectivity index (χ4v) is 3.18. The van der Waals surface area contributed by atoms with Crippen molar-refractivity contribution in [1.82, 2.24) is 5.32 Å². The SMILES string of the molecule is CC(C)NCC1CCCN(c2cccc(Br)c2C#N)C1. The molecule has 0 bridgehead atoms. The second-order valence-corrected chi connectivity index (χ2v) is 6.62. The normalized spacial score (nSPS) is 19.1. The maximum atomic E-state index is 9.35. The van der Waals surface area contributed by atoms with Crippen LogP contribution in [-0.2, 0) is 0 Å². The maximum absolute atomic E-state index is 9.35. The Labute approximate surface area is 130 Å². The van der Waals surface area contributed by atoms with Crippen molar-refractivity contribution in [3.8, 4) is 6.07 Å². The van der Waals surface area contributed by atoms with E-state index in [0.29, 0.717) is 12.0 Å². The van der Waals surface area contributed by atoms with E-state index in [-0.39, 0.29) is 0 Å². The van der Waals surface area contributed by atoms with Crippen LogP contribution in [0.3, 0.4) is 0 Å². The third kappa shape index (κ3) is 3.74. The first-order valence-corrected chi connectivity index (χ1v) is 8.08. The molecule has 0 radical (unpaired) electrons. The molecule has 0 saturated carbocycles. The van der Waals surface area contributed by atoms with Crippen LogP contribution in [0.1, 0.15) is 32.3 Å². The minimum Gasteiger partial charge on any atom is -0.370 e. The molecular weight excluding hydrogens is 314 g/mol. The molecule has 1 atom stereocenters. The van der Waals surface area contributed by atoms with Gasteiger partial charge < -0.3 is 10.2 Å². The van der Waals surface area contributed by atoms with Crippen molar-refractivity contribution in [2.45, 2.75) is 32.7 Å². The minimum absolute atomic E-state index is 0.533. The number of nitrogens with zero attached hydrogens (tertiary/aromatic N) is 2. The molecule has 1 saturated heterocycles. The van der Waals surface area contributed by atoms with Crippen LogP contribution >= 0.6 is 15.9 Å². The lowest BCUT2D eigenvalue weighted by atomic mass is 9.96. The molecule has 0 aromatic heterocycles. The number of anilines is 1. The van der Waals surface area contributed by atoms with E-state index in [1.807, 2.05) is 12.1 Å². The summed E-state index contributed by atoms with van der Waals surface area (Å²) in [5.41, 5.74) is 1.82. The molecule has 0 spiro atoms. The van der Waals surface area contributed by atoms with E-state index in [4.69, 9.17) is 0 Å². The Bertz CT molecular complexity index is 493. The predicted molar refractivity (Wildman–Crippen MR) is 86.9 cm³/mol. The molecule has 1 fully saturated rings. The zero-order valence-electron chi connectivity index (χ0n) is 12.2. The second kappa shape index (κ2) is 7.10. The molecule has 3 nitrogen and oxygen atoms in total. The van der Waals surface area contributed by atoms with Gasteiger partial charge >= 0.3 is 0 Å². The minimum atomic E-state index is 0.533. The average Bonchev–Trinajstić information content (AvgIpc) is 2.45. The molecule has 1 aromatic carbocycles. The van der Waals surface area contributed by atoms with Crippen molar-refractivity contribution in [2.24, 2.45) is 5.92 Å². The number of hydrogen-bond donors (Lipinski definition) is 1. The molecular formula is C16H22BrN3. The van der Waals surface area contributed by atoms with E-state index in [2.05, 4.69) is 52.1 Å². The number of halogens is 1. The van der Waals surface area contributed by atoms with Gasteiger partial charge in [0.15, 0.2) is 0 Å². The van der Waals surface area contributed by atoms with Gasteiger partial charge in [-0.05, 0) is 53.4 Å². The third-order valence-electron chi connectivity index (χ3n) is 3.78. The maximum Gasteiger partial charge on any atom is 0.103 e. The molecule has 1 unspecified atom stereocenters. The molecule has 1 heterocycles. The summed E-state index contributed by atoms with van der Waals surface area (Å²) in [6, 6.07) is 8.86. The van der Waals surface area contributed by atoms with Gasteiger partial charge in [0.1, 0.15) is 6.07 Å². The zero-order chi connectivity index (χ0) is 14.5. The number of hydrogen-bond acceptors (Lipinski definition) is 3. The molecule has 1 aliphatic heterocycles. The van der Waals surface area contributed by atoms with Gasteiger partial charge in [0.2, 0.25) is 0 Å². The summed E-state index contributed by atoms with van der Waals surface area (Å²) in [5, 5.41) is 12.9. The highest BCUT2D eigenvalue weighted by atomic mass is 79.9. The van der Waals surface area contributed by atoms with Gasteiger partial charge in [0, 0.05) is 23.6 Å². The first-order valence-electron chi connectivity index (χ1n) is 7.28. The fourth-order valence-electron chi connectivity index (χ4n) is 2.74. The molecule has 1 aromatic rings. The van der Waals surface area contributed by atoms with Crippen LogP contribution in [0.5, 0.6) is 0 Å². The van der Waals surface area contributed by atoms with Crippen molar-refractivity contribution >= 4 is 21.6 Å². The summed E-state index contributed by atoms with van der Waals surface area (Å²) < 4.78 is 0.889. The summed E-state index contributed by atoms with van der Waals surface area (Å²) in [6.07, 6.45) is 2.47. The van der Waals surface area contributed by atoms with Gasteiger partial charge in [-0.15, -0.1) is 0 Å². The highest BCUT2D eigenvalue weighted by molar-refractivity contribution is 9.10. The van der Waals surface area contributed by atoms with E-state index in [1.54, 1.807) is 0 Å². The zero-order valence-corrected chi connectivity index (χ0v) is 13.8. The topological polar surface area (TPSA) is 39.1 Å². The number of benzene rings is 1. The number of piperidine rings is 1. The molecule has 1 aliphatic rings. The smallest absolute Gasteiger partial charge is 0.103 e. The van der Waals surface area contributed by atoms with Crippen molar-refractivity contribution in [3.63, 3.8) is 0 Å². The Kier molecular flexibility index (Phi) is 5.45. The monoisotopic (exact) mass is 335 g/mol. The van der Waals surface area contributed by atoms with Crippen molar-refractivity contribution in [2.75, 3.05) is 24.5 Å². The van der Waals surface area contributed by atoms with E-state index in [0.717, 1.165) is 35.4 Å². The van der Waals surface area contributed by atoms with E-state index in [1.165, 1.54) is 12.8 Å². The Morgan fingerprint density at radius 2 is 2.30 bits per heavy atom. The molecule has 1 N–H and O–H groups in total. The Hall–Kier alpha value is -1.05. The van der Waals surface area contributed by atoms with Gasteiger partial charge in [-0.2, -0.15) is 5.26 Å². The Morgan fingerprint density at radius 3 is 3.00 bits per heavy atom. The van der Waals surface area contributed by atoms with Crippen molar-refractivity contribution in [1.29, 1.82) is 5.26 Å². The highest BCUT2D eigenvalue weighted by Gasteiger charge is 2.22. The molecule has 0 aliphatic carbocycles. The lowest BCUT2D eigenvalue weighted by molar-refractivity contribution is 0.379. The molecule has 4 heteroatoms. The fraction of sp³-hybridized carbons (Fsp3) is 0.562. The van der Waals surface area contributed by atoms with E-state index in [9.17, 15) is 5.26 Å². The standard InChI is InChI=1S/C16H22BrN3/c1-12(2)19-10-13-5-4-8-20(11-13)16-7-3-6-15(17)14(16)9-18/h3,6-7,12-13,19H,4-5,8,10-11H2,1-2H3. The van der Waals surface area contributed by atoms with Gasteiger partial charge in [0.05, 0.1) is 11.3 Å². The van der Waals surface area contributed by atoms with Crippen LogP contribution in [0.25, 0.3) is 0 Å². The average molecular weight is 336 g/mol. The van der Waals surface area contributed by atoms with Crippen molar-refractivity contribution in [3.05, 3.63) is 28.2 Å². The van der Waals surface area contributed by atoms with Crippen molar-refractivity contribution < 1.29 is 0 Å². The number of rotatable bonds is 4. The number of nitrogens with one attached hydrogen (secondary N) is 1. The van der Waals surface area contributed by atoms with Gasteiger partial charge in [0.25, 0.3) is 0 Å². The third-order valence-corrected chi connectivity index (χ3v) is 4.44. The van der Waals surface area contributed by atoms with Gasteiger partial charge in [-0.3, -0.25) is 0 Å². The Morgan fingerprint density at radius 1 is 1.50 bits per heavy atom. The van der Waals surface area contributed by atoms with Crippen LogP contribution in [0.4, 0.5) is 5.69 Å². The van der Waals surface area contributed by atoms with Crippen LogP contribution in [0.15, 0.2) is 22.7 Å². The summed E-state index contributed by atoms with van der Waals surface area (Å²) in [7, 11) is 0. The van der Waals surface area contributed by atoms with Gasteiger partial charge in [-0.1, -0.05) is 19.9 Å². The number of nitriles is 1. The summed E-state index contributed by atoms with van der Waals surface area (Å²) in [5.74, 6) is 0.664. The molecule has 108 valence electrons. The summed E-state index contributed by atoms with van der Waals surface area (Å²) in [6.45, 7) is 7.50. The first kappa shape index (κ1) is 15.3. The Balaban J connectivity index is 2.09. The van der Waals surface area contributed by atoms with Crippen LogP contribution in [0.2, 0.25) is 0 Å². The molecule has 2 rings (SSSR count).